The fraction of sp³-hybridized carbons (Fsp3) is 0.125. The first-order valence-corrected chi connectivity index (χ1v) is 8.15. The van der Waals surface area contributed by atoms with E-state index in [0.717, 1.165) is 22.0 Å². The Morgan fingerprint density at radius 3 is 2.88 bits per heavy atom. The van der Waals surface area contributed by atoms with Crippen LogP contribution in [0.25, 0.3) is 21.1 Å². The summed E-state index contributed by atoms with van der Waals surface area (Å²) in [5.74, 6) is 0.613. The summed E-state index contributed by atoms with van der Waals surface area (Å²) in [5.41, 5.74) is 7.83. The molecule has 25 heavy (non-hydrogen) atoms. The Bertz CT molecular complexity index is 1120. The molecule has 0 saturated carbocycles. The lowest BCUT2D eigenvalue weighted by Crippen LogP contribution is -2.12. The number of pyridine rings is 1. The minimum absolute atomic E-state index is 0.268. The first-order chi connectivity index (χ1) is 12.1. The van der Waals surface area contributed by atoms with E-state index < -0.39 is 0 Å². The fourth-order valence-corrected chi connectivity index (χ4v) is 3.46. The number of hydrogen-bond acceptors (Lipinski definition) is 8. The standard InChI is InChI=1S/C16H13N5O3S/c1-7-14(21-24-20-7)19-15(22)13-12(17)10-5-8-3-4-9(23-2)6-11(8)18-16(10)25-13/h3-6H,17H2,1-2H3,(H,19,21,22). The zero-order valence-electron chi connectivity index (χ0n) is 13.4. The van der Waals surface area contributed by atoms with Crippen molar-refractivity contribution in [3.05, 3.63) is 34.8 Å². The van der Waals surface area contributed by atoms with Crippen molar-refractivity contribution < 1.29 is 14.2 Å². The highest BCUT2D eigenvalue weighted by Crippen LogP contribution is 2.35. The Balaban J connectivity index is 1.79. The van der Waals surface area contributed by atoms with Crippen molar-refractivity contribution in [2.75, 3.05) is 18.2 Å². The Hall–Kier alpha value is -3.20. The average molecular weight is 355 g/mol. The molecular weight excluding hydrogens is 342 g/mol. The number of aryl methyl sites for hydroxylation is 1. The zero-order chi connectivity index (χ0) is 17.6. The van der Waals surface area contributed by atoms with Crippen molar-refractivity contribution in [1.82, 2.24) is 15.3 Å². The number of carbonyl (C=O) groups is 1. The zero-order valence-corrected chi connectivity index (χ0v) is 14.2. The first-order valence-electron chi connectivity index (χ1n) is 7.34. The number of ether oxygens (including phenoxy) is 1. The molecule has 4 aromatic rings. The largest absolute Gasteiger partial charge is 0.497 e. The van der Waals surface area contributed by atoms with E-state index in [9.17, 15) is 4.79 Å². The summed E-state index contributed by atoms with van der Waals surface area (Å²) < 4.78 is 9.80. The molecule has 0 aliphatic heterocycles. The number of benzene rings is 1. The number of rotatable bonds is 3. The molecule has 0 unspecified atom stereocenters. The van der Waals surface area contributed by atoms with E-state index in [2.05, 4.69) is 25.2 Å². The van der Waals surface area contributed by atoms with Gasteiger partial charge in [-0.15, -0.1) is 11.3 Å². The number of anilines is 2. The van der Waals surface area contributed by atoms with Gasteiger partial charge in [-0.2, -0.15) is 0 Å². The van der Waals surface area contributed by atoms with Crippen LogP contribution in [0.2, 0.25) is 0 Å². The summed E-state index contributed by atoms with van der Waals surface area (Å²) in [6, 6.07) is 7.52. The summed E-state index contributed by atoms with van der Waals surface area (Å²) >= 11 is 1.22. The minimum atomic E-state index is -0.374. The average Bonchev–Trinajstić information content (AvgIpc) is 3.16. The number of fused-ring (bicyclic) bond motifs is 2. The number of nitrogens with one attached hydrogen (secondary N) is 1. The van der Waals surface area contributed by atoms with Crippen molar-refractivity contribution >= 4 is 49.9 Å². The molecule has 1 amide bonds. The van der Waals surface area contributed by atoms with Gasteiger partial charge in [0.1, 0.15) is 21.2 Å². The number of methoxy groups -OCH3 is 1. The normalized spacial score (nSPS) is 11.1. The Kier molecular flexibility index (Phi) is 3.50. The van der Waals surface area contributed by atoms with Gasteiger partial charge in [-0.05, 0) is 30.3 Å². The van der Waals surface area contributed by atoms with Gasteiger partial charge < -0.3 is 15.8 Å². The van der Waals surface area contributed by atoms with Crippen LogP contribution in [-0.4, -0.2) is 28.3 Å². The number of nitrogens with zero attached hydrogens (tertiary/aromatic N) is 3. The smallest absolute Gasteiger partial charge is 0.269 e. The highest BCUT2D eigenvalue weighted by atomic mass is 32.1. The summed E-state index contributed by atoms with van der Waals surface area (Å²) in [6.07, 6.45) is 0. The van der Waals surface area contributed by atoms with E-state index in [1.165, 1.54) is 11.3 Å². The maximum atomic E-state index is 12.5. The molecule has 0 saturated heterocycles. The lowest BCUT2D eigenvalue weighted by Gasteiger charge is -2.02. The van der Waals surface area contributed by atoms with Crippen LogP contribution in [0.3, 0.4) is 0 Å². The van der Waals surface area contributed by atoms with Crippen LogP contribution in [0, 0.1) is 6.92 Å². The van der Waals surface area contributed by atoms with Crippen LogP contribution in [0.15, 0.2) is 28.9 Å². The number of hydrogen-bond donors (Lipinski definition) is 2. The molecule has 0 bridgehead atoms. The highest BCUT2D eigenvalue weighted by molar-refractivity contribution is 7.21. The molecule has 0 fully saturated rings. The predicted molar refractivity (Wildman–Crippen MR) is 95.1 cm³/mol. The van der Waals surface area contributed by atoms with Gasteiger partial charge in [0, 0.05) is 16.8 Å². The molecule has 126 valence electrons. The second kappa shape index (κ2) is 5.71. The van der Waals surface area contributed by atoms with Gasteiger partial charge >= 0.3 is 0 Å². The molecule has 3 heterocycles. The maximum absolute atomic E-state index is 12.5. The Morgan fingerprint density at radius 1 is 1.32 bits per heavy atom. The van der Waals surface area contributed by atoms with Crippen molar-refractivity contribution in [2.24, 2.45) is 0 Å². The number of aromatic nitrogens is 3. The number of nitrogen functional groups attached to an aromatic ring is 1. The Labute approximate surface area is 145 Å². The van der Waals surface area contributed by atoms with Crippen molar-refractivity contribution in [2.45, 2.75) is 6.92 Å². The van der Waals surface area contributed by atoms with Gasteiger partial charge in [-0.25, -0.2) is 9.61 Å². The molecule has 0 aliphatic rings. The number of nitrogens with two attached hydrogens (primary N) is 1. The molecule has 3 N–H and O–H groups in total. The van der Waals surface area contributed by atoms with E-state index in [1.54, 1.807) is 14.0 Å². The molecule has 0 atom stereocenters. The quantitative estimate of drug-likeness (QED) is 0.580. The number of thiophene rings is 1. The lowest BCUT2D eigenvalue weighted by atomic mass is 10.1. The second-order valence-electron chi connectivity index (χ2n) is 5.40. The SMILES string of the molecule is COc1ccc2cc3c(N)c(C(=O)Nc4nonc4C)sc3nc2c1. The summed E-state index contributed by atoms with van der Waals surface area (Å²) in [5, 5.41) is 11.6. The van der Waals surface area contributed by atoms with Crippen LogP contribution in [0.4, 0.5) is 11.5 Å². The molecule has 0 radical (unpaired) electrons. The highest BCUT2D eigenvalue weighted by Gasteiger charge is 2.20. The van der Waals surface area contributed by atoms with Crippen LogP contribution in [-0.2, 0) is 0 Å². The topological polar surface area (TPSA) is 116 Å². The van der Waals surface area contributed by atoms with Gasteiger partial charge in [0.2, 0.25) is 5.82 Å². The third-order valence-corrected chi connectivity index (χ3v) is 4.93. The molecule has 0 aliphatic carbocycles. The molecule has 1 aromatic carbocycles. The van der Waals surface area contributed by atoms with Gasteiger partial charge in [-0.1, -0.05) is 5.16 Å². The van der Waals surface area contributed by atoms with Gasteiger partial charge in [0.05, 0.1) is 18.3 Å². The van der Waals surface area contributed by atoms with E-state index in [-0.39, 0.29) is 11.7 Å². The van der Waals surface area contributed by atoms with Crippen molar-refractivity contribution in [1.29, 1.82) is 0 Å². The second-order valence-corrected chi connectivity index (χ2v) is 6.40. The maximum Gasteiger partial charge on any atom is 0.269 e. The van der Waals surface area contributed by atoms with E-state index in [0.29, 0.717) is 21.1 Å². The van der Waals surface area contributed by atoms with Crippen LogP contribution in [0.1, 0.15) is 15.4 Å². The van der Waals surface area contributed by atoms with E-state index in [1.807, 2.05) is 24.3 Å². The molecule has 3 aromatic heterocycles. The van der Waals surface area contributed by atoms with Crippen LogP contribution >= 0.6 is 11.3 Å². The predicted octanol–water partition coefficient (Wildman–Crippen LogP) is 2.98. The molecule has 8 nitrogen and oxygen atoms in total. The molecule has 4 rings (SSSR count). The van der Waals surface area contributed by atoms with Crippen molar-refractivity contribution in [3.63, 3.8) is 0 Å². The third-order valence-electron chi connectivity index (χ3n) is 3.81. The fourth-order valence-electron chi connectivity index (χ4n) is 2.48. The number of carbonyl (C=O) groups excluding carboxylic acids is 1. The third kappa shape index (κ3) is 2.54. The van der Waals surface area contributed by atoms with Gasteiger partial charge in [0.15, 0.2) is 0 Å². The van der Waals surface area contributed by atoms with Crippen molar-refractivity contribution in [3.8, 4) is 5.75 Å². The molecule has 0 spiro atoms. The first kappa shape index (κ1) is 15.3. The monoisotopic (exact) mass is 355 g/mol. The molecular formula is C16H13N5O3S. The molecule has 9 heteroatoms. The van der Waals surface area contributed by atoms with Gasteiger partial charge in [0.25, 0.3) is 5.91 Å². The van der Waals surface area contributed by atoms with Crippen LogP contribution in [0.5, 0.6) is 5.75 Å². The Morgan fingerprint density at radius 2 is 2.16 bits per heavy atom. The van der Waals surface area contributed by atoms with Gasteiger partial charge in [-0.3, -0.25) is 4.79 Å². The summed E-state index contributed by atoms with van der Waals surface area (Å²) in [7, 11) is 1.60. The number of amides is 1. The summed E-state index contributed by atoms with van der Waals surface area (Å²) in [4.78, 5) is 18.2. The van der Waals surface area contributed by atoms with E-state index in [4.69, 9.17) is 10.5 Å². The lowest BCUT2D eigenvalue weighted by molar-refractivity contribution is 0.103. The van der Waals surface area contributed by atoms with Crippen LogP contribution < -0.4 is 15.8 Å². The summed E-state index contributed by atoms with van der Waals surface area (Å²) in [6.45, 7) is 1.68. The van der Waals surface area contributed by atoms with E-state index >= 15 is 0 Å². The minimum Gasteiger partial charge on any atom is -0.497 e.